The van der Waals surface area contributed by atoms with Crippen LogP contribution in [0.3, 0.4) is 0 Å². The van der Waals surface area contributed by atoms with Crippen LogP contribution in [0.2, 0.25) is 0 Å². The fourth-order valence-corrected chi connectivity index (χ4v) is 3.20. The van der Waals surface area contributed by atoms with Gasteiger partial charge in [-0.1, -0.05) is 0 Å². The molecule has 0 fully saturated rings. The molecule has 15 heteroatoms. The van der Waals surface area contributed by atoms with E-state index in [0.717, 1.165) is 0 Å². The summed E-state index contributed by atoms with van der Waals surface area (Å²) in [5, 5.41) is 25.0. The molecule has 4 amide bonds. The summed E-state index contributed by atoms with van der Waals surface area (Å²) in [6.45, 7) is 0. The molecule has 13 nitrogen and oxygen atoms in total. The summed E-state index contributed by atoms with van der Waals surface area (Å²) in [5.41, 5.74) is 10.8. The van der Waals surface area contributed by atoms with Crippen molar-refractivity contribution in [2.45, 2.75) is 56.3 Å². The van der Waals surface area contributed by atoms with Gasteiger partial charge in [0.1, 0.15) is 18.1 Å². The first-order valence-electron chi connectivity index (χ1n) is 9.92. The van der Waals surface area contributed by atoms with Crippen molar-refractivity contribution in [2.75, 3.05) is 17.8 Å². The van der Waals surface area contributed by atoms with Crippen LogP contribution in [0, 0.1) is 0 Å². The van der Waals surface area contributed by atoms with Gasteiger partial charge in [0.15, 0.2) is 0 Å². The Bertz CT molecular complexity index is 724. The van der Waals surface area contributed by atoms with Crippen molar-refractivity contribution in [1.82, 2.24) is 16.0 Å². The molecule has 0 aliphatic heterocycles. The molecule has 188 valence electrons. The number of thiol groups is 1. The van der Waals surface area contributed by atoms with Gasteiger partial charge in [-0.2, -0.15) is 24.4 Å². The van der Waals surface area contributed by atoms with Crippen LogP contribution < -0.4 is 27.4 Å². The third kappa shape index (κ3) is 12.9. The van der Waals surface area contributed by atoms with E-state index in [0.29, 0.717) is 5.75 Å². The molecule has 4 atom stereocenters. The minimum atomic E-state index is -1.37. The third-order valence-electron chi connectivity index (χ3n) is 4.36. The molecule has 0 aliphatic rings. The van der Waals surface area contributed by atoms with E-state index >= 15 is 0 Å². The van der Waals surface area contributed by atoms with E-state index in [1.165, 1.54) is 11.8 Å². The van der Waals surface area contributed by atoms with Gasteiger partial charge in [-0.05, 0) is 31.3 Å². The average Bonchev–Trinajstić information content (AvgIpc) is 2.74. The Hall–Kier alpha value is -2.52. The predicted molar refractivity (Wildman–Crippen MR) is 124 cm³/mol. The molecule has 0 aromatic rings. The normalized spacial score (nSPS) is 14.3. The minimum absolute atomic E-state index is 0.0258. The van der Waals surface area contributed by atoms with Gasteiger partial charge in [0.25, 0.3) is 0 Å². The van der Waals surface area contributed by atoms with Gasteiger partial charge in [-0.15, -0.1) is 0 Å². The summed E-state index contributed by atoms with van der Waals surface area (Å²) in [6.07, 6.45) is 1.01. The molecule has 33 heavy (non-hydrogen) atoms. The number of carbonyl (C=O) groups excluding carboxylic acids is 4. The van der Waals surface area contributed by atoms with E-state index < -0.39 is 66.2 Å². The zero-order valence-electron chi connectivity index (χ0n) is 18.1. The molecular formula is C18H31N5O8S2. The number of hydrogen-bond donors (Lipinski definition) is 8. The number of thioether (sulfide) groups is 1. The Labute approximate surface area is 200 Å². The fraction of sp³-hybridized carbons (Fsp3) is 0.667. The maximum absolute atomic E-state index is 12.8. The van der Waals surface area contributed by atoms with Crippen molar-refractivity contribution in [2.24, 2.45) is 11.5 Å². The van der Waals surface area contributed by atoms with E-state index in [4.69, 9.17) is 21.7 Å². The number of amides is 4. The second-order valence-corrected chi connectivity index (χ2v) is 8.38. The quantitative estimate of drug-likeness (QED) is 0.0974. The van der Waals surface area contributed by atoms with Gasteiger partial charge >= 0.3 is 11.9 Å². The number of rotatable bonds is 17. The Balaban J connectivity index is 5.40. The second-order valence-electron chi connectivity index (χ2n) is 7.03. The molecule has 0 aromatic heterocycles. The smallest absolute Gasteiger partial charge is 0.327 e. The highest BCUT2D eigenvalue weighted by Crippen LogP contribution is 2.06. The van der Waals surface area contributed by atoms with Crippen molar-refractivity contribution in [1.29, 1.82) is 0 Å². The van der Waals surface area contributed by atoms with E-state index in [2.05, 4.69) is 28.6 Å². The molecular weight excluding hydrogens is 478 g/mol. The molecule has 0 aliphatic carbocycles. The Morgan fingerprint density at radius 3 is 1.82 bits per heavy atom. The van der Waals surface area contributed by atoms with Crippen LogP contribution >= 0.6 is 24.4 Å². The number of hydrogen-bond acceptors (Lipinski definition) is 9. The lowest BCUT2D eigenvalue weighted by Gasteiger charge is -2.24. The van der Waals surface area contributed by atoms with Gasteiger partial charge < -0.3 is 37.6 Å². The summed E-state index contributed by atoms with van der Waals surface area (Å²) in [7, 11) is 0. The molecule has 0 heterocycles. The molecule has 0 rings (SSSR count). The van der Waals surface area contributed by atoms with Crippen LogP contribution in [-0.4, -0.2) is 87.7 Å². The van der Waals surface area contributed by atoms with Crippen LogP contribution in [-0.2, 0) is 28.8 Å². The molecule has 0 bridgehead atoms. The van der Waals surface area contributed by atoms with Crippen molar-refractivity contribution in [3.63, 3.8) is 0 Å². The van der Waals surface area contributed by atoms with Gasteiger partial charge in [0.2, 0.25) is 23.6 Å². The third-order valence-corrected chi connectivity index (χ3v) is 5.37. The minimum Gasteiger partial charge on any atom is -0.481 e. The van der Waals surface area contributed by atoms with Gasteiger partial charge in [0.05, 0.1) is 6.04 Å². The van der Waals surface area contributed by atoms with E-state index in [1.807, 2.05) is 0 Å². The number of nitrogens with two attached hydrogens (primary N) is 2. The average molecular weight is 510 g/mol. The number of carboxylic acid groups (broad SMARTS) is 2. The summed E-state index contributed by atoms with van der Waals surface area (Å²) >= 11 is 5.24. The van der Waals surface area contributed by atoms with Gasteiger partial charge in [-0.25, -0.2) is 4.79 Å². The highest BCUT2D eigenvalue weighted by molar-refractivity contribution is 7.98. The number of primary amides is 1. The zero-order chi connectivity index (χ0) is 25.6. The summed E-state index contributed by atoms with van der Waals surface area (Å²) in [4.78, 5) is 70.6. The Morgan fingerprint density at radius 2 is 1.36 bits per heavy atom. The van der Waals surface area contributed by atoms with Crippen molar-refractivity contribution in [3.05, 3.63) is 0 Å². The molecule has 0 saturated carbocycles. The van der Waals surface area contributed by atoms with Crippen molar-refractivity contribution in [3.8, 4) is 0 Å². The first-order chi connectivity index (χ1) is 15.4. The highest BCUT2D eigenvalue weighted by atomic mass is 32.2. The monoisotopic (exact) mass is 509 g/mol. The zero-order valence-corrected chi connectivity index (χ0v) is 19.8. The van der Waals surface area contributed by atoms with Crippen LogP contribution in [0.4, 0.5) is 0 Å². The van der Waals surface area contributed by atoms with E-state index in [-0.39, 0.29) is 31.4 Å². The van der Waals surface area contributed by atoms with Crippen LogP contribution in [0.25, 0.3) is 0 Å². The molecule has 0 aromatic carbocycles. The summed E-state index contributed by atoms with van der Waals surface area (Å²) < 4.78 is 0. The molecule has 0 spiro atoms. The Morgan fingerprint density at radius 1 is 0.848 bits per heavy atom. The van der Waals surface area contributed by atoms with Crippen LogP contribution in [0.15, 0.2) is 0 Å². The van der Waals surface area contributed by atoms with Crippen molar-refractivity contribution >= 4 is 60.0 Å². The standard InChI is InChI=1S/C18H31N5O8S2/c1-33-7-6-11(21-15(27)9(19)2-4-13(20)24)17(29)22-10(3-5-14(25)26)16(28)23-12(8-32)18(30)31/h9-12,32H,2-8,19H2,1H3,(H2,20,24)(H,21,27)(H,22,29)(H,23,28)(H,25,26)(H,30,31). The molecule has 0 saturated heterocycles. The lowest BCUT2D eigenvalue weighted by atomic mass is 10.1. The highest BCUT2D eigenvalue weighted by Gasteiger charge is 2.30. The first kappa shape index (κ1) is 30.5. The van der Waals surface area contributed by atoms with Crippen LogP contribution in [0.5, 0.6) is 0 Å². The summed E-state index contributed by atoms with van der Waals surface area (Å²) in [6, 6.07) is -4.92. The molecule has 9 N–H and O–H groups in total. The predicted octanol–water partition coefficient (Wildman–Crippen LogP) is -2.33. The van der Waals surface area contributed by atoms with E-state index in [1.54, 1.807) is 6.26 Å². The number of aliphatic carboxylic acids is 2. The number of carboxylic acids is 2. The number of carbonyl (C=O) groups is 6. The Kier molecular flexibility index (Phi) is 14.9. The van der Waals surface area contributed by atoms with Gasteiger partial charge in [-0.3, -0.25) is 24.0 Å². The maximum atomic E-state index is 12.8. The molecule has 4 unspecified atom stereocenters. The fourth-order valence-electron chi connectivity index (χ4n) is 2.48. The SMILES string of the molecule is CSCCC(NC(=O)C(N)CCC(N)=O)C(=O)NC(CCC(=O)O)C(=O)NC(CS)C(=O)O. The molecule has 0 radical (unpaired) electrons. The van der Waals surface area contributed by atoms with Crippen LogP contribution in [0.1, 0.15) is 32.1 Å². The number of nitrogens with one attached hydrogen (secondary N) is 3. The lowest BCUT2D eigenvalue weighted by molar-refractivity contribution is -0.142. The van der Waals surface area contributed by atoms with Gasteiger partial charge in [0, 0.05) is 18.6 Å². The first-order valence-corrected chi connectivity index (χ1v) is 11.9. The second kappa shape index (κ2) is 16.1. The largest absolute Gasteiger partial charge is 0.481 e. The maximum Gasteiger partial charge on any atom is 0.327 e. The van der Waals surface area contributed by atoms with E-state index in [9.17, 15) is 28.8 Å². The summed E-state index contributed by atoms with van der Waals surface area (Å²) in [5.74, 6) is -5.36. The lowest BCUT2D eigenvalue weighted by Crippen LogP contribution is -2.57. The van der Waals surface area contributed by atoms with Crippen molar-refractivity contribution < 1.29 is 39.0 Å². The topological polar surface area (TPSA) is 231 Å².